The second-order valence-electron chi connectivity index (χ2n) is 6.11. The van der Waals surface area contributed by atoms with Crippen molar-refractivity contribution in [2.45, 2.75) is 6.92 Å². The van der Waals surface area contributed by atoms with Crippen molar-refractivity contribution in [2.24, 2.45) is 7.05 Å². The summed E-state index contributed by atoms with van der Waals surface area (Å²) in [6, 6.07) is 11.2. The van der Waals surface area contributed by atoms with Crippen molar-refractivity contribution in [3.05, 3.63) is 59.4 Å². The molecule has 0 unspecified atom stereocenters. The number of aromatic nitrogens is 3. The summed E-state index contributed by atoms with van der Waals surface area (Å²) in [6.45, 7) is 2.06. The summed E-state index contributed by atoms with van der Waals surface area (Å²) in [7, 11) is 3.69. The largest absolute Gasteiger partial charge is 0.497 e. The van der Waals surface area contributed by atoms with Gasteiger partial charge >= 0.3 is 0 Å². The van der Waals surface area contributed by atoms with Gasteiger partial charge in [0.2, 0.25) is 0 Å². The minimum absolute atomic E-state index is 0.271. The van der Waals surface area contributed by atoms with Gasteiger partial charge in [-0.05, 0) is 37.3 Å². The number of pyridine rings is 1. The number of nitrogens with one attached hydrogen (secondary N) is 1. The average Bonchev–Trinajstić information content (AvgIpc) is 3.24. The Balaban J connectivity index is 1.71. The molecule has 0 spiro atoms. The number of hydrogen-bond donors (Lipinski definition) is 1. The lowest BCUT2D eigenvalue weighted by Gasteiger charge is -2.01. The van der Waals surface area contributed by atoms with E-state index >= 15 is 0 Å². The van der Waals surface area contributed by atoms with E-state index in [1.807, 2.05) is 30.6 Å². The lowest BCUT2D eigenvalue weighted by atomic mass is 10.1. The quantitative estimate of drug-likeness (QED) is 0.576. The van der Waals surface area contributed by atoms with Crippen molar-refractivity contribution in [1.29, 1.82) is 0 Å². The first kappa shape index (κ1) is 17.2. The highest BCUT2D eigenvalue weighted by molar-refractivity contribution is 7.14. The van der Waals surface area contributed by atoms with Gasteiger partial charge in [0.15, 0.2) is 5.13 Å². The van der Waals surface area contributed by atoms with Crippen LogP contribution < -0.4 is 10.1 Å². The van der Waals surface area contributed by atoms with Gasteiger partial charge < -0.3 is 9.30 Å². The van der Waals surface area contributed by atoms with E-state index in [1.54, 1.807) is 31.5 Å². The first-order chi connectivity index (χ1) is 13.1. The highest BCUT2D eigenvalue weighted by atomic mass is 32.1. The van der Waals surface area contributed by atoms with Crippen LogP contribution in [0, 0.1) is 6.92 Å². The molecule has 1 aromatic carbocycles. The van der Waals surface area contributed by atoms with Crippen molar-refractivity contribution in [3.8, 4) is 17.0 Å². The van der Waals surface area contributed by atoms with E-state index in [0.717, 1.165) is 33.6 Å². The van der Waals surface area contributed by atoms with Crippen LogP contribution in [-0.4, -0.2) is 27.6 Å². The molecule has 27 heavy (non-hydrogen) atoms. The Labute approximate surface area is 160 Å². The third-order valence-corrected chi connectivity index (χ3v) is 5.34. The summed E-state index contributed by atoms with van der Waals surface area (Å²) in [5.41, 5.74) is 4.44. The molecule has 3 aromatic heterocycles. The number of carbonyl (C=O) groups excluding carboxylic acids is 1. The molecule has 0 bridgehead atoms. The van der Waals surface area contributed by atoms with Crippen LogP contribution >= 0.6 is 11.3 Å². The minimum atomic E-state index is -0.271. The summed E-state index contributed by atoms with van der Waals surface area (Å²) in [6.07, 6.45) is 1.59. The van der Waals surface area contributed by atoms with E-state index in [9.17, 15) is 4.79 Å². The number of nitrogens with zero attached hydrogens (tertiary/aromatic N) is 3. The fourth-order valence-electron chi connectivity index (χ4n) is 3.11. The van der Waals surface area contributed by atoms with Crippen LogP contribution in [0.1, 0.15) is 16.2 Å². The molecule has 0 aliphatic rings. The van der Waals surface area contributed by atoms with E-state index in [1.165, 1.54) is 11.3 Å². The highest BCUT2D eigenvalue weighted by Gasteiger charge is 2.18. The maximum atomic E-state index is 12.3. The fraction of sp³-hybridized carbons (Fsp3) is 0.150. The molecule has 0 aliphatic carbocycles. The zero-order chi connectivity index (χ0) is 19.0. The lowest BCUT2D eigenvalue weighted by molar-refractivity contribution is 0.102. The van der Waals surface area contributed by atoms with Crippen LogP contribution in [0.3, 0.4) is 0 Å². The smallest absolute Gasteiger partial charge is 0.276 e. The molecule has 0 aliphatic heterocycles. The van der Waals surface area contributed by atoms with E-state index in [-0.39, 0.29) is 5.91 Å². The molecule has 7 heteroatoms. The number of anilines is 1. The van der Waals surface area contributed by atoms with Crippen molar-refractivity contribution < 1.29 is 9.53 Å². The number of benzene rings is 1. The lowest BCUT2D eigenvalue weighted by Crippen LogP contribution is -2.13. The molecular weight excluding hydrogens is 360 g/mol. The Morgan fingerprint density at radius 3 is 2.85 bits per heavy atom. The molecular formula is C20H18N4O2S. The Kier molecular flexibility index (Phi) is 4.37. The van der Waals surface area contributed by atoms with Crippen LogP contribution in [0.15, 0.2) is 48.0 Å². The fourth-order valence-corrected chi connectivity index (χ4v) is 3.80. The zero-order valence-electron chi connectivity index (χ0n) is 15.2. The van der Waals surface area contributed by atoms with Crippen molar-refractivity contribution in [3.63, 3.8) is 0 Å². The summed E-state index contributed by atoms with van der Waals surface area (Å²) >= 11 is 1.39. The van der Waals surface area contributed by atoms with Crippen molar-refractivity contribution >= 4 is 33.3 Å². The summed E-state index contributed by atoms with van der Waals surface area (Å²) in [5.74, 6) is 0.529. The molecule has 0 fully saturated rings. The van der Waals surface area contributed by atoms with E-state index in [2.05, 4.69) is 26.8 Å². The summed E-state index contributed by atoms with van der Waals surface area (Å²) in [4.78, 5) is 21.0. The number of rotatable bonds is 4. The Morgan fingerprint density at radius 1 is 1.26 bits per heavy atom. The van der Waals surface area contributed by atoms with Gasteiger partial charge in [-0.1, -0.05) is 6.07 Å². The molecule has 6 nitrogen and oxygen atoms in total. The molecule has 136 valence electrons. The van der Waals surface area contributed by atoms with E-state index in [4.69, 9.17) is 4.74 Å². The zero-order valence-corrected chi connectivity index (χ0v) is 16.0. The molecule has 0 atom stereocenters. The van der Waals surface area contributed by atoms with Gasteiger partial charge in [0.05, 0.1) is 12.8 Å². The molecule has 0 radical (unpaired) electrons. The summed E-state index contributed by atoms with van der Waals surface area (Å²) < 4.78 is 7.51. The normalized spacial score (nSPS) is 10.9. The number of amides is 1. The highest BCUT2D eigenvalue weighted by Crippen LogP contribution is 2.37. The number of carbonyl (C=O) groups is 1. The topological polar surface area (TPSA) is 69.0 Å². The molecule has 4 aromatic rings. The van der Waals surface area contributed by atoms with Crippen LogP contribution in [0.2, 0.25) is 0 Å². The second-order valence-corrected chi connectivity index (χ2v) is 6.97. The number of aryl methyl sites for hydroxylation is 1. The monoisotopic (exact) mass is 378 g/mol. The molecule has 1 N–H and O–H groups in total. The van der Waals surface area contributed by atoms with Gasteiger partial charge in [-0.25, -0.2) is 4.98 Å². The first-order valence-electron chi connectivity index (χ1n) is 8.40. The summed E-state index contributed by atoms with van der Waals surface area (Å²) in [5, 5.41) is 6.39. The van der Waals surface area contributed by atoms with Crippen molar-refractivity contribution in [1.82, 2.24) is 14.5 Å². The van der Waals surface area contributed by atoms with Crippen LogP contribution in [0.25, 0.3) is 22.2 Å². The third-order valence-electron chi connectivity index (χ3n) is 4.58. The van der Waals surface area contributed by atoms with Gasteiger partial charge in [0.1, 0.15) is 11.4 Å². The number of methoxy groups -OCH3 is 1. The first-order valence-corrected chi connectivity index (χ1v) is 9.27. The number of thiazole rings is 1. The number of ether oxygens (including phenoxy) is 1. The standard InChI is InChI=1S/C20H18N4O2S/c1-12-18(14-10-13(26-3)7-8-17(14)24(12)2)16-11-27-20(22-16)23-19(25)15-6-4-5-9-21-15/h4-11H,1-3H3,(H,22,23,25). The molecule has 0 saturated heterocycles. The number of hydrogen-bond acceptors (Lipinski definition) is 5. The van der Waals surface area contributed by atoms with Gasteiger partial charge in [-0.3, -0.25) is 15.1 Å². The average molecular weight is 378 g/mol. The Morgan fingerprint density at radius 2 is 2.11 bits per heavy atom. The van der Waals surface area contributed by atoms with Gasteiger partial charge in [0.25, 0.3) is 5.91 Å². The molecule has 0 saturated carbocycles. The number of fused-ring (bicyclic) bond motifs is 1. The Hall–Kier alpha value is -3.19. The van der Waals surface area contributed by atoms with Gasteiger partial charge in [-0.2, -0.15) is 0 Å². The second kappa shape index (κ2) is 6.85. The van der Waals surface area contributed by atoms with Crippen LogP contribution in [0.4, 0.5) is 5.13 Å². The minimum Gasteiger partial charge on any atom is -0.497 e. The maximum Gasteiger partial charge on any atom is 0.276 e. The molecule has 1 amide bonds. The van der Waals surface area contributed by atoms with E-state index in [0.29, 0.717) is 10.8 Å². The van der Waals surface area contributed by atoms with Crippen LogP contribution in [0.5, 0.6) is 5.75 Å². The SMILES string of the molecule is COc1ccc2c(c1)c(-c1csc(NC(=O)c3ccccn3)n1)c(C)n2C. The van der Waals surface area contributed by atoms with Gasteiger partial charge in [-0.15, -0.1) is 11.3 Å². The predicted octanol–water partition coefficient (Wildman–Crippen LogP) is 4.27. The molecule has 4 rings (SSSR count). The Bertz CT molecular complexity index is 1130. The van der Waals surface area contributed by atoms with E-state index < -0.39 is 0 Å². The van der Waals surface area contributed by atoms with Crippen LogP contribution in [-0.2, 0) is 7.05 Å². The predicted molar refractivity (Wildman–Crippen MR) is 108 cm³/mol. The third kappa shape index (κ3) is 3.06. The molecule has 3 heterocycles. The van der Waals surface area contributed by atoms with Gasteiger partial charge in [0, 0.05) is 40.8 Å². The maximum absolute atomic E-state index is 12.3. The van der Waals surface area contributed by atoms with Crippen molar-refractivity contribution in [2.75, 3.05) is 12.4 Å².